The average Bonchev–Trinajstić information content (AvgIpc) is 2.58. The van der Waals surface area contributed by atoms with Crippen LogP contribution in [0.5, 0.6) is 0 Å². The standard InChI is InChI=1S/C18H36O.2Na.H4O5P2/c1-2-3-4-5-6-7-8-9-10-11-12-13-14-15-16-17-18-19;;;1-6(2)5-7(3)4/h16-17,19H,2-15,18H2,1H3;;;6-7H,(H,1,2)(H,3,4)/q;2*+1;/p-2. The van der Waals surface area contributed by atoms with E-state index in [1.807, 2.05) is 6.08 Å². The Bertz CT molecular complexity index is 349. The fraction of sp³-hybridized carbons (Fsp3) is 0.889. The van der Waals surface area contributed by atoms with Crippen molar-refractivity contribution < 1.29 is 87.4 Å². The number of unbranched alkanes of at least 4 members (excludes halogenated alkanes) is 13. The third-order valence-electron chi connectivity index (χ3n) is 3.91. The first-order chi connectivity index (χ1) is 12.5. The molecule has 2 atom stereocenters. The van der Waals surface area contributed by atoms with E-state index in [1.165, 1.54) is 83.5 Å². The molecule has 10 heteroatoms. The number of allylic oxidation sites excluding steroid dienone is 1. The summed E-state index contributed by atoms with van der Waals surface area (Å²) >= 11 is 0. The minimum absolute atomic E-state index is 0. The molecule has 28 heavy (non-hydrogen) atoms. The van der Waals surface area contributed by atoms with Gasteiger partial charge in [-0.2, -0.15) is 0 Å². The molecule has 0 aliphatic heterocycles. The van der Waals surface area contributed by atoms with Crippen molar-refractivity contribution in [2.45, 2.75) is 96.8 Å². The van der Waals surface area contributed by atoms with Gasteiger partial charge in [-0.3, -0.25) is 4.31 Å². The molecular weight excluding hydrogens is 420 g/mol. The summed E-state index contributed by atoms with van der Waals surface area (Å²) in [5.41, 5.74) is 0. The molecule has 0 radical (unpaired) electrons. The van der Waals surface area contributed by atoms with Crippen LogP contribution in [0.2, 0.25) is 0 Å². The molecule has 0 amide bonds. The molecular formula is C18H38Na2O6P2. The summed E-state index contributed by atoms with van der Waals surface area (Å²) in [6, 6.07) is 0. The van der Waals surface area contributed by atoms with E-state index in [9.17, 15) is 18.9 Å². The predicted octanol–water partition coefficient (Wildman–Crippen LogP) is -1.47. The number of hydrogen-bond donors (Lipinski definition) is 1. The Morgan fingerprint density at radius 3 is 1.36 bits per heavy atom. The van der Waals surface area contributed by atoms with Gasteiger partial charge < -0.3 is 24.0 Å². The number of aliphatic hydroxyl groups excluding tert-OH is 1. The summed E-state index contributed by atoms with van der Waals surface area (Å²) in [6.45, 7) is 2.47. The largest absolute Gasteiger partial charge is 1.00 e. The van der Waals surface area contributed by atoms with Crippen LogP contribution in [0.1, 0.15) is 96.8 Å². The van der Waals surface area contributed by atoms with Crippen molar-refractivity contribution >= 4 is 16.5 Å². The molecule has 0 heterocycles. The third kappa shape index (κ3) is 42.2. The first kappa shape index (κ1) is 37.4. The van der Waals surface area contributed by atoms with Crippen LogP contribution < -0.4 is 68.9 Å². The number of aliphatic hydroxyl groups is 1. The van der Waals surface area contributed by atoms with Gasteiger partial charge in [0, 0.05) is 0 Å². The SMILES string of the molecule is CCCCCCCCCCCCCCCC=CCO.O=[PH]([O-])O[PH](=O)[O-].[Na+].[Na+]. The van der Waals surface area contributed by atoms with Gasteiger partial charge in [-0.05, 0) is 12.8 Å². The van der Waals surface area contributed by atoms with Crippen molar-refractivity contribution in [2.75, 3.05) is 6.61 Å². The van der Waals surface area contributed by atoms with Gasteiger partial charge >= 0.3 is 59.1 Å². The monoisotopic (exact) mass is 458 g/mol. The second-order valence-corrected chi connectivity index (χ2v) is 8.10. The Morgan fingerprint density at radius 2 is 1.07 bits per heavy atom. The molecule has 0 spiro atoms. The minimum atomic E-state index is -3.51. The maximum atomic E-state index is 9.29. The molecule has 0 aromatic rings. The van der Waals surface area contributed by atoms with Gasteiger partial charge in [0.15, 0.2) is 0 Å². The van der Waals surface area contributed by atoms with Gasteiger partial charge in [-0.25, -0.2) is 0 Å². The Kier molecular flexibility index (Phi) is 44.9. The Hall–Kier alpha value is 2.04. The second kappa shape index (κ2) is 33.7. The van der Waals surface area contributed by atoms with E-state index in [1.54, 1.807) is 0 Å². The summed E-state index contributed by atoms with van der Waals surface area (Å²) in [6.07, 6.45) is 23.4. The molecule has 0 fully saturated rings. The van der Waals surface area contributed by atoms with E-state index in [0.717, 1.165) is 6.42 Å². The summed E-state index contributed by atoms with van der Waals surface area (Å²) in [7, 11) is -7.03. The smallest absolute Gasteiger partial charge is 0.781 e. The molecule has 158 valence electrons. The molecule has 6 nitrogen and oxygen atoms in total. The van der Waals surface area contributed by atoms with E-state index in [4.69, 9.17) is 5.11 Å². The predicted molar refractivity (Wildman–Crippen MR) is 106 cm³/mol. The molecule has 0 saturated heterocycles. The molecule has 0 bridgehead atoms. The fourth-order valence-electron chi connectivity index (χ4n) is 2.54. The molecule has 2 unspecified atom stereocenters. The van der Waals surface area contributed by atoms with Gasteiger partial charge in [0.25, 0.3) is 0 Å². The summed E-state index contributed by atoms with van der Waals surface area (Å²) in [4.78, 5) is 18.6. The van der Waals surface area contributed by atoms with Gasteiger partial charge in [0.2, 0.25) is 0 Å². The Balaban J connectivity index is -0.000000274. The maximum Gasteiger partial charge on any atom is 1.00 e. The van der Waals surface area contributed by atoms with E-state index in [2.05, 4.69) is 17.3 Å². The molecule has 0 rings (SSSR count). The second-order valence-electron chi connectivity index (χ2n) is 6.29. The molecule has 0 aromatic heterocycles. The van der Waals surface area contributed by atoms with E-state index >= 15 is 0 Å². The quantitative estimate of drug-likeness (QED) is 0.123. The topological polar surface area (TPSA) is 110 Å². The van der Waals surface area contributed by atoms with Crippen LogP contribution >= 0.6 is 16.5 Å². The third-order valence-corrected chi connectivity index (χ3v) is 5.25. The zero-order chi connectivity index (χ0) is 19.9. The van der Waals surface area contributed by atoms with Gasteiger partial charge in [-0.1, -0.05) is 96.1 Å². The summed E-state index contributed by atoms with van der Waals surface area (Å²) < 4.78 is 21.8. The first-order valence-electron chi connectivity index (χ1n) is 9.90. The van der Waals surface area contributed by atoms with Crippen LogP contribution in [0.25, 0.3) is 0 Å². The van der Waals surface area contributed by atoms with Gasteiger partial charge in [-0.15, -0.1) is 0 Å². The van der Waals surface area contributed by atoms with Crippen molar-refractivity contribution in [2.24, 2.45) is 0 Å². The van der Waals surface area contributed by atoms with E-state index < -0.39 is 16.5 Å². The van der Waals surface area contributed by atoms with Crippen LogP contribution in [0.3, 0.4) is 0 Å². The Morgan fingerprint density at radius 1 is 0.714 bits per heavy atom. The summed E-state index contributed by atoms with van der Waals surface area (Å²) in [5, 5.41) is 8.58. The Labute approximate surface area is 217 Å². The zero-order valence-corrected chi connectivity index (χ0v) is 24.2. The molecule has 0 aliphatic rings. The van der Waals surface area contributed by atoms with Crippen LogP contribution in [-0.4, -0.2) is 11.7 Å². The molecule has 0 aromatic carbocycles. The van der Waals surface area contributed by atoms with Crippen LogP contribution in [0.15, 0.2) is 12.2 Å². The molecule has 0 aliphatic carbocycles. The van der Waals surface area contributed by atoms with Gasteiger partial charge in [0.05, 0.1) is 6.61 Å². The van der Waals surface area contributed by atoms with Crippen LogP contribution in [0.4, 0.5) is 0 Å². The molecule has 1 N–H and O–H groups in total. The van der Waals surface area contributed by atoms with Crippen molar-refractivity contribution in [3.05, 3.63) is 12.2 Å². The first-order valence-corrected chi connectivity index (χ1v) is 12.3. The average molecular weight is 458 g/mol. The zero-order valence-electron chi connectivity index (χ0n) is 18.2. The fourth-order valence-corrected chi connectivity index (χ4v) is 3.08. The maximum absolute atomic E-state index is 9.29. The van der Waals surface area contributed by atoms with E-state index in [0.29, 0.717) is 0 Å². The van der Waals surface area contributed by atoms with Crippen molar-refractivity contribution in [3.63, 3.8) is 0 Å². The number of hydrogen-bond acceptors (Lipinski definition) is 6. The number of rotatable bonds is 17. The normalized spacial score (nSPS) is 12.4. The van der Waals surface area contributed by atoms with Crippen molar-refractivity contribution in [1.82, 2.24) is 0 Å². The van der Waals surface area contributed by atoms with Crippen LogP contribution in [0, 0.1) is 0 Å². The molecule has 0 saturated carbocycles. The van der Waals surface area contributed by atoms with Crippen molar-refractivity contribution in [1.29, 1.82) is 0 Å². The minimum Gasteiger partial charge on any atom is -0.781 e. The van der Waals surface area contributed by atoms with E-state index in [-0.39, 0.29) is 65.7 Å². The summed E-state index contributed by atoms with van der Waals surface area (Å²) in [5.74, 6) is 0. The van der Waals surface area contributed by atoms with Crippen LogP contribution in [-0.2, 0) is 13.4 Å². The van der Waals surface area contributed by atoms with Gasteiger partial charge in [0.1, 0.15) is 16.5 Å². The van der Waals surface area contributed by atoms with Crippen molar-refractivity contribution in [3.8, 4) is 0 Å².